The van der Waals surface area contributed by atoms with Gasteiger partial charge in [0.25, 0.3) is 0 Å². The summed E-state index contributed by atoms with van der Waals surface area (Å²) >= 11 is 0. The molecule has 2 aliphatic heterocycles. The van der Waals surface area contributed by atoms with E-state index in [0.717, 1.165) is 22.8 Å². The lowest BCUT2D eigenvalue weighted by atomic mass is 9.74. The minimum absolute atomic E-state index is 0.145. The van der Waals surface area contributed by atoms with Crippen molar-refractivity contribution >= 4 is 43.6 Å². The molecule has 3 aromatic heterocycles. The van der Waals surface area contributed by atoms with Crippen molar-refractivity contribution < 1.29 is 0 Å². The maximum atomic E-state index is 4.72. The van der Waals surface area contributed by atoms with E-state index in [2.05, 4.69) is 163 Å². The minimum Gasteiger partial charge on any atom is -0.321 e. The molecule has 0 unspecified atom stereocenters. The number of benzene rings is 6. The van der Waals surface area contributed by atoms with Gasteiger partial charge < -0.3 is 14.1 Å². The molecular weight excluding hydrogens is 599 g/mol. The van der Waals surface area contributed by atoms with Gasteiger partial charge in [-0.25, -0.2) is 0 Å². The summed E-state index contributed by atoms with van der Waals surface area (Å²) in [5.74, 6) is 1.53. The number of aromatic nitrogens is 5. The maximum absolute atomic E-state index is 4.72. The predicted octanol–water partition coefficient (Wildman–Crippen LogP) is 10.6. The summed E-state index contributed by atoms with van der Waals surface area (Å²) in [6.07, 6.45) is 0. The van der Waals surface area contributed by atoms with Crippen LogP contribution in [0.15, 0.2) is 121 Å². The van der Waals surface area contributed by atoms with Crippen LogP contribution >= 0.6 is 0 Å². The van der Waals surface area contributed by atoms with E-state index in [4.69, 9.17) is 10.2 Å². The summed E-state index contributed by atoms with van der Waals surface area (Å²) in [5.41, 5.74) is 14.5. The fraction of sp³-hybridized carbons (Fsp3) is 0.136. The van der Waals surface area contributed by atoms with E-state index in [1.807, 2.05) is 0 Å². The van der Waals surface area contributed by atoms with Crippen molar-refractivity contribution in [2.45, 2.75) is 38.5 Å². The number of nitrogens with zero attached hydrogens (tertiary/aromatic N) is 4. The Morgan fingerprint density at radius 1 is 0.449 bits per heavy atom. The summed E-state index contributed by atoms with van der Waals surface area (Å²) in [6.45, 7) is 9.36. The van der Waals surface area contributed by atoms with Crippen molar-refractivity contribution in [2.24, 2.45) is 0 Å². The zero-order valence-corrected chi connectivity index (χ0v) is 27.8. The van der Waals surface area contributed by atoms with Gasteiger partial charge in [0.15, 0.2) is 11.6 Å². The molecule has 0 amide bonds. The standard InChI is InChI=1S/C44H33N5/c1-43(2)31-21-19-25(23-37(31)48-35-17-7-5-11-27(35)29-13-9-15-33(43)39(29)48)41-45-42(47-46-41)26-20-22-32-38(24-26)49-36-18-8-6-12-28(36)30-14-10-16-34(40(30)49)44(32,3)4/h5-24H,1-4H3,(H,45,46,47). The van der Waals surface area contributed by atoms with Crippen LogP contribution in [-0.2, 0) is 10.8 Å². The molecule has 0 aliphatic carbocycles. The molecule has 0 fully saturated rings. The van der Waals surface area contributed by atoms with E-state index in [0.29, 0.717) is 0 Å². The molecule has 6 aromatic carbocycles. The van der Waals surface area contributed by atoms with Gasteiger partial charge in [-0.15, -0.1) is 10.2 Å². The highest BCUT2D eigenvalue weighted by Gasteiger charge is 2.37. The lowest BCUT2D eigenvalue weighted by Crippen LogP contribution is -2.26. The monoisotopic (exact) mass is 631 g/mol. The van der Waals surface area contributed by atoms with Gasteiger partial charge >= 0.3 is 0 Å². The lowest BCUT2D eigenvalue weighted by Gasteiger charge is -2.35. The van der Waals surface area contributed by atoms with Gasteiger partial charge in [0, 0.05) is 43.5 Å². The van der Waals surface area contributed by atoms with Crippen molar-refractivity contribution in [3.63, 3.8) is 0 Å². The second-order valence-corrected chi connectivity index (χ2v) is 14.8. The summed E-state index contributed by atoms with van der Waals surface area (Å²) in [6, 6.07) is 44.5. The molecule has 0 bridgehead atoms. The highest BCUT2D eigenvalue weighted by Crippen LogP contribution is 2.50. The fourth-order valence-corrected chi connectivity index (χ4v) is 9.14. The predicted molar refractivity (Wildman–Crippen MR) is 200 cm³/mol. The van der Waals surface area contributed by atoms with Crippen molar-refractivity contribution in [3.8, 4) is 34.2 Å². The first-order valence-electron chi connectivity index (χ1n) is 17.1. The quantitative estimate of drug-likeness (QED) is 0.206. The summed E-state index contributed by atoms with van der Waals surface area (Å²) in [4.78, 5) is 3.61. The number of hydrogen-bond donors (Lipinski definition) is 1. The van der Waals surface area contributed by atoms with Crippen molar-refractivity contribution in [2.75, 3.05) is 0 Å². The molecule has 1 N–H and O–H groups in total. The lowest BCUT2D eigenvalue weighted by molar-refractivity contribution is 0.630. The summed E-state index contributed by atoms with van der Waals surface area (Å²) in [5, 5.41) is 14.6. The Morgan fingerprint density at radius 2 is 0.878 bits per heavy atom. The second-order valence-electron chi connectivity index (χ2n) is 14.8. The molecule has 11 rings (SSSR count). The Morgan fingerprint density at radius 3 is 1.35 bits per heavy atom. The zero-order valence-electron chi connectivity index (χ0n) is 27.8. The number of H-pyrrole nitrogens is 1. The maximum Gasteiger partial charge on any atom is 0.161 e. The highest BCUT2D eigenvalue weighted by atomic mass is 15.2. The second kappa shape index (κ2) is 8.94. The molecule has 49 heavy (non-hydrogen) atoms. The third-order valence-corrected chi connectivity index (χ3v) is 11.6. The molecule has 0 spiro atoms. The zero-order chi connectivity index (χ0) is 32.8. The van der Waals surface area contributed by atoms with E-state index >= 15 is 0 Å². The normalized spacial score (nSPS) is 15.3. The van der Waals surface area contributed by atoms with Crippen LogP contribution in [0.3, 0.4) is 0 Å². The molecule has 5 heteroatoms. The van der Waals surface area contributed by atoms with Crippen molar-refractivity contribution in [3.05, 3.63) is 144 Å². The molecular formula is C44H33N5. The Labute approximate surface area is 283 Å². The van der Waals surface area contributed by atoms with Crippen LogP contribution < -0.4 is 0 Å². The third kappa shape index (κ3) is 3.30. The van der Waals surface area contributed by atoms with Crippen LogP contribution in [-0.4, -0.2) is 24.3 Å². The van der Waals surface area contributed by atoms with Gasteiger partial charge in [-0.3, -0.25) is 0 Å². The Balaban J connectivity index is 1.07. The van der Waals surface area contributed by atoms with Crippen molar-refractivity contribution in [1.29, 1.82) is 0 Å². The smallest absolute Gasteiger partial charge is 0.161 e. The van der Waals surface area contributed by atoms with E-state index < -0.39 is 0 Å². The molecule has 2 aliphatic rings. The summed E-state index contributed by atoms with van der Waals surface area (Å²) in [7, 11) is 0. The number of fused-ring (bicyclic) bond motifs is 10. The average Bonchev–Trinajstić information content (AvgIpc) is 3.84. The summed E-state index contributed by atoms with van der Waals surface area (Å²) < 4.78 is 4.90. The number of hydrogen-bond acceptors (Lipinski definition) is 2. The van der Waals surface area contributed by atoms with Crippen molar-refractivity contribution in [1.82, 2.24) is 24.3 Å². The van der Waals surface area contributed by atoms with Crippen LogP contribution in [0.2, 0.25) is 0 Å². The van der Waals surface area contributed by atoms with E-state index in [9.17, 15) is 0 Å². The third-order valence-electron chi connectivity index (χ3n) is 11.6. The SMILES string of the molecule is CC1(C)c2ccc(-c3nnc(-c4ccc5c(c4)-n4c6ccccc6c6cccc(c64)C5(C)C)[nH]3)cc2-n2c3ccccc3c3cccc1c32. The minimum atomic E-state index is -0.145. The van der Waals surface area contributed by atoms with Crippen LogP contribution in [0.25, 0.3) is 77.8 Å². The number of nitrogens with one attached hydrogen (secondary N) is 1. The van der Waals surface area contributed by atoms with Crippen LogP contribution in [0, 0.1) is 0 Å². The van der Waals surface area contributed by atoms with Crippen LogP contribution in [0.1, 0.15) is 49.9 Å². The highest BCUT2D eigenvalue weighted by molar-refractivity contribution is 6.12. The van der Waals surface area contributed by atoms with E-state index in [1.54, 1.807) is 0 Å². The molecule has 5 nitrogen and oxygen atoms in total. The topological polar surface area (TPSA) is 51.4 Å². The van der Waals surface area contributed by atoms with Gasteiger partial charge in [-0.05, 0) is 46.5 Å². The first-order valence-corrected chi connectivity index (χ1v) is 17.1. The van der Waals surface area contributed by atoms with E-state index in [1.165, 1.54) is 77.2 Å². The van der Waals surface area contributed by atoms with Gasteiger partial charge in [0.05, 0.1) is 33.4 Å². The number of para-hydroxylation sites is 4. The molecule has 234 valence electrons. The molecule has 9 aromatic rings. The largest absolute Gasteiger partial charge is 0.321 e. The van der Waals surface area contributed by atoms with E-state index in [-0.39, 0.29) is 10.8 Å². The molecule has 0 saturated carbocycles. The first-order chi connectivity index (χ1) is 23.8. The average molecular weight is 632 g/mol. The van der Waals surface area contributed by atoms with Gasteiger partial charge in [0.1, 0.15) is 0 Å². The Kier molecular flexibility index (Phi) is 4.94. The van der Waals surface area contributed by atoms with Crippen LogP contribution in [0.5, 0.6) is 0 Å². The number of aromatic amines is 1. The fourth-order valence-electron chi connectivity index (χ4n) is 9.14. The number of rotatable bonds is 2. The Bertz CT molecular complexity index is 2700. The molecule has 0 atom stereocenters. The first kappa shape index (κ1) is 27.1. The molecule has 5 heterocycles. The van der Waals surface area contributed by atoms with Gasteiger partial charge in [-0.2, -0.15) is 0 Å². The molecule has 0 saturated heterocycles. The van der Waals surface area contributed by atoms with Gasteiger partial charge in [0.2, 0.25) is 0 Å². The van der Waals surface area contributed by atoms with Crippen LogP contribution in [0.4, 0.5) is 0 Å². The molecule has 0 radical (unpaired) electrons. The van der Waals surface area contributed by atoms with Gasteiger partial charge in [-0.1, -0.05) is 125 Å². The Hall–Kier alpha value is -5.94.